The average molecular weight is 298 g/mol. The van der Waals surface area contributed by atoms with Gasteiger partial charge < -0.3 is 19.9 Å². The molecule has 10 heteroatoms. The monoisotopic (exact) mass is 298 g/mol. The normalized spacial score (nSPS) is 10.1. The number of ether oxygens (including phenoxy) is 1. The lowest BCUT2D eigenvalue weighted by Crippen LogP contribution is -2.37. The number of nitrogen functional groups attached to an aromatic ring is 1. The highest BCUT2D eigenvalue weighted by atomic mass is 16.5. The van der Waals surface area contributed by atoms with Crippen LogP contribution in [0.4, 0.5) is 17.8 Å². The lowest BCUT2D eigenvalue weighted by Gasteiger charge is -2.19. The third-order valence-corrected chi connectivity index (χ3v) is 2.49. The number of nitrogens with zero attached hydrogens (tertiary/aromatic N) is 5. The van der Waals surface area contributed by atoms with Gasteiger partial charge in [-0.05, 0) is 0 Å². The number of nitrogens with one attached hydrogen (secondary N) is 2. The highest BCUT2D eigenvalue weighted by molar-refractivity contribution is 5.80. The topological polar surface area (TPSA) is 122 Å². The summed E-state index contributed by atoms with van der Waals surface area (Å²) in [6.07, 6.45) is 0. The lowest BCUT2D eigenvalue weighted by atomic mass is 10.5. The molecule has 0 saturated heterocycles. The maximum Gasteiger partial charge on any atom is 0.243 e. The molecule has 0 atom stereocenters. The molecule has 118 valence electrons. The van der Waals surface area contributed by atoms with E-state index in [0.29, 0.717) is 25.0 Å². The van der Waals surface area contributed by atoms with Gasteiger partial charge in [-0.1, -0.05) is 0 Å². The molecular formula is C11H22N8O2. The summed E-state index contributed by atoms with van der Waals surface area (Å²) >= 11 is 0. The molecule has 0 unspecified atom stereocenters. The number of carbonyl (C=O) groups excluding carboxylic acids is 1. The van der Waals surface area contributed by atoms with E-state index in [4.69, 9.17) is 10.6 Å². The zero-order chi connectivity index (χ0) is 15.8. The molecule has 0 aromatic carbocycles. The second-order valence-corrected chi connectivity index (χ2v) is 4.50. The Morgan fingerprint density at radius 3 is 2.48 bits per heavy atom. The third kappa shape index (κ3) is 5.36. The molecule has 1 aromatic heterocycles. The molecule has 4 N–H and O–H groups in total. The van der Waals surface area contributed by atoms with Crippen LogP contribution in [0.2, 0.25) is 0 Å². The summed E-state index contributed by atoms with van der Waals surface area (Å²) in [5.74, 6) is 6.21. The minimum absolute atomic E-state index is 0.116. The molecule has 0 spiro atoms. The van der Waals surface area contributed by atoms with E-state index in [2.05, 4.69) is 25.7 Å². The van der Waals surface area contributed by atoms with Crippen molar-refractivity contribution < 1.29 is 9.53 Å². The summed E-state index contributed by atoms with van der Waals surface area (Å²) in [6.45, 7) is 1.04. The van der Waals surface area contributed by atoms with Crippen molar-refractivity contribution in [1.82, 2.24) is 20.3 Å². The first kappa shape index (κ1) is 16.9. The molecule has 0 fully saturated rings. The molecule has 0 bridgehead atoms. The number of hydrogen-bond donors (Lipinski definition) is 3. The van der Waals surface area contributed by atoms with Gasteiger partial charge >= 0.3 is 0 Å². The summed E-state index contributed by atoms with van der Waals surface area (Å²) in [4.78, 5) is 27.6. The fourth-order valence-corrected chi connectivity index (χ4v) is 1.42. The van der Waals surface area contributed by atoms with Crippen LogP contribution in [0, 0.1) is 0 Å². The van der Waals surface area contributed by atoms with Crippen molar-refractivity contribution in [3.05, 3.63) is 0 Å². The Hall–Kier alpha value is -2.20. The van der Waals surface area contributed by atoms with Crippen LogP contribution in [0.5, 0.6) is 0 Å². The Morgan fingerprint density at radius 1 is 1.24 bits per heavy atom. The van der Waals surface area contributed by atoms with Crippen LogP contribution in [0.15, 0.2) is 0 Å². The highest BCUT2D eigenvalue weighted by Gasteiger charge is 2.13. The first-order valence-corrected chi connectivity index (χ1v) is 6.34. The molecule has 0 radical (unpaired) electrons. The predicted molar refractivity (Wildman–Crippen MR) is 80.1 cm³/mol. The summed E-state index contributed by atoms with van der Waals surface area (Å²) in [5.41, 5.74) is 2.38. The van der Waals surface area contributed by atoms with Gasteiger partial charge in [0.15, 0.2) is 0 Å². The van der Waals surface area contributed by atoms with Crippen LogP contribution in [0.1, 0.15) is 0 Å². The first-order valence-electron chi connectivity index (χ1n) is 6.34. The molecule has 1 amide bonds. The first-order chi connectivity index (χ1) is 9.97. The molecule has 10 nitrogen and oxygen atoms in total. The van der Waals surface area contributed by atoms with Gasteiger partial charge in [0, 0.05) is 34.8 Å². The summed E-state index contributed by atoms with van der Waals surface area (Å²) in [5, 5.41) is 2.72. The van der Waals surface area contributed by atoms with Gasteiger partial charge in [0.1, 0.15) is 0 Å². The number of amides is 1. The minimum Gasteiger partial charge on any atom is -0.383 e. The SMILES string of the molecule is COCCNC(=O)CN(C)c1nc(NN)nc(N(C)C)n1. The van der Waals surface area contributed by atoms with Crippen molar-refractivity contribution in [1.29, 1.82) is 0 Å². The molecule has 0 aliphatic carbocycles. The second kappa shape index (κ2) is 8.17. The number of nitrogens with two attached hydrogens (primary N) is 1. The smallest absolute Gasteiger partial charge is 0.243 e. The number of aromatic nitrogens is 3. The Bertz CT molecular complexity index is 468. The van der Waals surface area contributed by atoms with Crippen LogP contribution in [0.25, 0.3) is 0 Å². The molecule has 1 aromatic rings. The number of hydrogen-bond acceptors (Lipinski definition) is 9. The van der Waals surface area contributed by atoms with Gasteiger partial charge in [0.05, 0.1) is 13.2 Å². The van der Waals surface area contributed by atoms with Gasteiger partial charge in [0.25, 0.3) is 0 Å². The Labute approximate surface area is 123 Å². The van der Waals surface area contributed by atoms with Crippen LogP contribution in [-0.2, 0) is 9.53 Å². The molecule has 1 heterocycles. The molecule has 0 saturated carbocycles. The molecule has 21 heavy (non-hydrogen) atoms. The zero-order valence-electron chi connectivity index (χ0n) is 12.8. The zero-order valence-corrected chi connectivity index (χ0v) is 12.8. The molecular weight excluding hydrogens is 276 g/mol. The van der Waals surface area contributed by atoms with E-state index in [1.807, 2.05) is 0 Å². The van der Waals surface area contributed by atoms with Crippen molar-refractivity contribution in [2.45, 2.75) is 0 Å². The van der Waals surface area contributed by atoms with Crippen molar-refractivity contribution in [3.63, 3.8) is 0 Å². The molecule has 0 aliphatic rings. The van der Waals surface area contributed by atoms with Gasteiger partial charge in [-0.25, -0.2) is 5.84 Å². The van der Waals surface area contributed by atoms with Crippen LogP contribution in [0.3, 0.4) is 0 Å². The van der Waals surface area contributed by atoms with Crippen molar-refractivity contribution in [3.8, 4) is 0 Å². The number of rotatable bonds is 8. The Balaban J connectivity index is 2.74. The van der Waals surface area contributed by atoms with E-state index in [1.165, 1.54) is 0 Å². The lowest BCUT2D eigenvalue weighted by molar-refractivity contribution is -0.119. The Morgan fingerprint density at radius 2 is 1.90 bits per heavy atom. The van der Waals surface area contributed by atoms with Gasteiger partial charge in [-0.2, -0.15) is 15.0 Å². The van der Waals surface area contributed by atoms with Gasteiger partial charge in [-0.3, -0.25) is 10.2 Å². The van der Waals surface area contributed by atoms with E-state index >= 15 is 0 Å². The maximum absolute atomic E-state index is 11.7. The number of hydrazine groups is 1. The number of carbonyl (C=O) groups is 1. The standard InChI is InChI=1S/C11H22N8O2/c1-18(2)10-14-9(17-12)15-11(16-10)19(3)7-8(20)13-5-6-21-4/h5-7,12H2,1-4H3,(H,13,20)(H,14,15,16,17). The molecule has 0 aliphatic heterocycles. The maximum atomic E-state index is 11.7. The van der Waals surface area contributed by atoms with E-state index in [-0.39, 0.29) is 18.4 Å². The minimum atomic E-state index is -0.149. The van der Waals surface area contributed by atoms with E-state index in [1.54, 1.807) is 38.1 Å². The highest BCUT2D eigenvalue weighted by Crippen LogP contribution is 2.13. The van der Waals surface area contributed by atoms with Gasteiger partial charge in [-0.15, -0.1) is 0 Å². The summed E-state index contributed by atoms with van der Waals surface area (Å²) in [6, 6.07) is 0. The van der Waals surface area contributed by atoms with Crippen molar-refractivity contribution in [2.24, 2.45) is 5.84 Å². The average Bonchev–Trinajstić information content (AvgIpc) is 2.46. The predicted octanol–water partition coefficient (Wildman–Crippen LogP) is -1.58. The largest absolute Gasteiger partial charge is 0.383 e. The van der Waals surface area contributed by atoms with E-state index in [0.717, 1.165) is 0 Å². The van der Waals surface area contributed by atoms with Crippen molar-refractivity contribution >= 4 is 23.8 Å². The second-order valence-electron chi connectivity index (χ2n) is 4.50. The third-order valence-electron chi connectivity index (χ3n) is 2.49. The number of methoxy groups -OCH3 is 1. The quantitative estimate of drug-likeness (QED) is 0.296. The summed E-state index contributed by atoms with van der Waals surface area (Å²) < 4.78 is 4.87. The van der Waals surface area contributed by atoms with Crippen LogP contribution < -0.4 is 26.4 Å². The fourth-order valence-electron chi connectivity index (χ4n) is 1.42. The van der Waals surface area contributed by atoms with E-state index < -0.39 is 0 Å². The number of likely N-dealkylation sites (N-methyl/N-ethyl adjacent to an activating group) is 1. The van der Waals surface area contributed by atoms with Crippen molar-refractivity contribution in [2.75, 3.05) is 63.2 Å². The molecule has 1 rings (SSSR count). The van der Waals surface area contributed by atoms with Gasteiger partial charge in [0.2, 0.25) is 23.8 Å². The van der Waals surface area contributed by atoms with Crippen LogP contribution >= 0.6 is 0 Å². The summed E-state index contributed by atoms with van der Waals surface area (Å²) in [7, 11) is 6.89. The van der Waals surface area contributed by atoms with Crippen LogP contribution in [-0.4, -0.2) is 68.8 Å². The fraction of sp³-hybridized carbons (Fsp3) is 0.636. The van der Waals surface area contributed by atoms with E-state index in [9.17, 15) is 4.79 Å². The Kier molecular flexibility index (Phi) is 6.56. The number of anilines is 3.